The summed E-state index contributed by atoms with van der Waals surface area (Å²) in [5, 5.41) is 5.13. The number of hydrogen-bond donors (Lipinski definition) is 2. The Morgan fingerprint density at radius 3 is 2.46 bits per heavy atom. The fourth-order valence-corrected chi connectivity index (χ4v) is 8.39. The monoisotopic (exact) mass is 426 g/mol. The second-order valence-electron chi connectivity index (χ2n) is 8.86. The number of hydrogen-bond acceptors (Lipinski definition) is 5. The molecule has 4 atom stereocenters. The standard InChI is InChI=1S/C19H26N2O5S2/c20-27(23,24)16-5-1-2-6-17(16)28(25,26)21-18(22)12-19-7-3-4-14-8-13(10-19)9-15(14)11-19/h1-2,5-6,13-15H,3-4,7-12H2,(H,21,22)(H2,20,23,24). The third-order valence-corrected chi connectivity index (χ3v) is 9.40. The van der Waals surface area contributed by atoms with Crippen LogP contribution in [0.1, 0.15) is 51.4 Å². The van der Waals surface area contributed by atoms with Gasteiger partial charge >= 0.3 is 0 Å². The van der Waals surface area contributed by atoms with Gasteiger partial charge in [0.05, 0.1) is 0 Å². The first-order chi connectivity index (χ1) is 13.1. The van der Waals surface area contributed by atoms with Crippen LogP contribution in [0.4, 0.5) is 0 Å². The topological polar surface area (TPSA) is 123 Å². The lowest BCUT2D eigenvalue weighted by atomic mass is 9.65. The lowest BCUT2D eigenvalue weighted by molar-refractivity contribution is -0.122. The van der Waals surface area contributed by atoms with Crippen LogP contribution < -0.4 is 9.86 Å². The SMILES string of the molecule is NS(=O)(=O)c1ccccc1S(=O)(=O)NC(=O)CC12CCCC3CC(CC3C1)C2. The summed E-state index contributed by atoms with van der Waals surface area (Å²) in [5.41, 5.74) is -0.127. The number of primary sulfonamides is 1. The Morgan fingerprint density at radius 1 is 1.07 bits per heavy atom. The maximum atomic E-state index is 12.7. The van der Waals surface area contributed by atoms with Crippen molar-refractivity contribution in [3.8, 4) is 0 Å². The molecule has 1 aromatic rings. The van der Waals surface area contributed by atoms with Crippen molar-refractivity contribution in [1.82, 2.24) is 4.72 Å². The van der Waals surface area contributed by atoms with E-state index in [0.717, 1.165) is 43.7 Å². The van der Waals surface area contributed by atoms with E-state index in [1.54, 1.807) is 0 Å². The number of amides is 1. The minimum atomic E-state index is -4.33. The molecule has 3 N–H and O–H groups in total. The van der Waals surface area contributed by atoms with Gasteiger partial charge in [-0.1, -0.05) is 25.0 Å². The Morgan fingerprint density at radius 2 is 1.75 bits per heavy atom. The van der Waals surface area contributed by atoms with Crippen LogP contribution in [0, 0.1) is 23.2 Å². The third-order valence-electron chi connectivity index (χ3n) is 6.87. The largest absolute Gasteiger partial charge is 0.274 e. The first-order valence-electron chi connectivity index (χ1n) is 9.76. The highest BCUT2D eigenvalue weighted by Gasteiger charge is 2.50. The van der Waals surface area contributed by atoms with Crippen molar-refractivity contribution in [3.05, 3.63) is 24.3 Å². The average Bonchev–Trinajstić information content (AvgIpc) is 2.80. The van der Waals surface area contributed by atoms with Gasteiger partial charge in [0.15, 0.2) is 0 Å². The number of sulfonamides is 2. The van der Waals surface area contributed by atoms with Gasteiger partial charge in [0.1, 0.15) is 9.79 Å². The van der Waals surface area contributed by atoms with E-state index in [0.29, 0.717) is 11.8 Å². The van der Waals surface area contributed by atoms with Gasteiger partial charge in [0.2, 0.25) is 15.9 Å². The molecule has 4 unspecified atom stereocenters. The van der Waals surface area contributed by atoms with Gasteiger partial charge < -0.3 is 0 Å². The first kappa shape index (κ1) is 19.8. The molecule has 28 heavy (non-hydrogen) atoms. The molecular formula is C19H26N2O5S2. The van der Waals surface area contributed by atoms with Crippen LogP contribution in [0.5, 0.6) is 0 Å². The van der Waals surface area contributed by atoms with E-state index in [4.69, 9.17) is 5.14 Å². The third kappa shape index (κ3) is 3.71. The molecular weight excluding hydrogens is 400 g/mol. The van der Waals surface area contributed by atoms with Crippen LogP contribution in [-0.2, 0) is 24.8 Å². The van der Waals surface area contributed by atoms with Crippen molar-refractivity contribution in [2.24, 2.45) is 28.3 Å². The Labute approximate surface area is 166 Å². The molecule has 0 spiro atoms. The van der Waals surface area contributed by atoms with E-state index >= 15 is 0 Å². The number of carbonyl (C=O) groups excluding carboxylic acids is 1. The van der Waals surface area contributed by atoms with Crippen LogP contribution in [0.2, 0.25) is 0 Å². The van der Waals surface area contributed by atoms with Gasteiger partial charge in [0, 0.05) is 6.42 Å². The molecule has 3 aliphatic carbocycles. The molecule has 0 heterocycles. The average molecular weight is 427 g/mol. The van der Waals surface area contributed by atoms with Crippen molar-refractivity contribution in [2.45, 2.75) is 61.2 Å². The zero-order valence-electron chi connectivity index (χ0n) is 15.6. The molecule has 4 rings (SSSR count). The Bertz CT molecular complexity index is 1000. The maximum absolute atomic E-state index is 12.7. The summed E-state index contributed by atoms with van der Waals surface area (Å²) in [5.74, 6) is 1.51. The summed E-state index contributed by atoms with van der Waals surface area (Å²) in [6, 6.07) is 5.05. The zero-order valence-corrected chi connectivity index (χ0v) is 17.3. The van der Waals surface area contributed by atoms with Gasteiger partial charge in [-0.2, -0.15) is 0 Å². The number of nitrogens with two attached hydrogens (primary N) is 1. The van der Waals surface area contributed by atoms with E-state index in [9.17, 15) is 21.6 Å². The van der Waals surface area contributed by atoms with Gasteiger partial charge in [-0.25, -0.2) is 26.7 Å². The molecule has 7 nitrogen and oxygen atoms in total. The summed E-state index contributed by atoms with van der Waals surface area (Å²) in [6.07, 6.45) is 7.90. The van der Waals surface area contributed by atoms with Crippen LogP contribution >= 0.6 is 0 Å². The maximum Gasteiger partial charge on any atom is 0.265 e. The predicted molar refractivity (Wildman–Crippen MR) is 103 cm³/mol. The lowest BCUT2D eigenvalue weighted by Gasteiger charge is -2.39. The van der Waals surface area contributed by atoms with E-state index in [1.165, 1.54) is 31.4 Å². The Hall–Kier alpha value is -1.45. The van der Waals surface area contributed by atoms with Gasteiger partial charge in [-0.15, -0.1) is 0 Å². The molecule has 1 aromatic carbocycles. The summed E-state index contributed by atoms with van der Waals surface area (Å²) in [4.78, 5) is 11.7. The second-order valence-corrected chi connectivity index (χ2v) is 12.0. The molecule has 0 radical (unpaired) electrons. The molecule has 3 saturated carbocycles. The number of nitrogens with one attached hydrogen (secondary N) is 1. The highest BCUT2D eigenvalue weighted by atomic mass is 32.2. The van der Waals surface area contributed by atoms with Crippen LogP contribution in [0.3, 0.4) is 0 Å². The first-order valence-corrected chi connectivity index (χ1v) is 12.8. The molecule has 0 aliphatic heterocycles. The molecule has 3 bridgehead atoms. The normalized spacial score (nSPS) is 32.1. The fraction of sp³-hybridized carbons (Fsp3) is 0.632. The summed E-state index contributed by atoms with van der Waals surface area (Å²) in [6.45, 7) is 0. The van der Waals surface area contributed by atoms with Crippen molar-refractivity contribution >= 4 is 26.0 Å². The van der Waals surface area contributed by atoms with Crippen molar-refractivity contribution in [3.63, 3.8) is 0 Å². The minimum absolute atomic E-state index is 0.127. The number of carbonyl (C=O) groups is 1. The fourth-order valence-electron chi connectivity index (χ4n) is 6.02. The van der Waals surface area contributed by atoms with E-state index in [2.05, 4.69) is 4.72 Å². The molecule has 0 saturated heterocycles. The highest BCUT2D eigenvalue weighted by molar-refractivity contribution is 7.92. The second kappa shape index (κ2) is 6.81. The molecule has 3 aliphatic rings. The van der Waals surface area contributed by atoms with Crippen LogP contribution in [0.15, 0.2) is 34.1 Å². The van der Waals surface area contributed by atoms with Crippen LogP contribution in [-0.4, -0.2) is 22.7 Å². The number of fused-ring (bicyclic) bond motifs is 2. The molecule has 0 aromatic heterocycles. The zero-order chi connectivity index (χ0) is 20.2. The Kier molecular flexibility index (Phi) is 4.83. The van der Waals surface area contributed by atoms with Crippen LogP contribution in [0.25, 0.3) is 0 Å². The number of benzene rings is 1. The number of rotatable bonds is 5. The minimum Gasteiger partial charge on any atom is -0.274 e. The van der Waals surface area contributed by atoms with Gasteiger partial charge in [-0.3, -0.25) is 4.79 Å². The molecule has 9 heteroatoms. The Balaban J connectivity index is 1.54. The molecule has 1 amide bonds. The van der Waals surface area contributed by atoms with Crippen molar-refractivity contribution < 1.29 is 21.6 Å². The van der Waals surface area contributed by atoms with E-state index < -0.39 is 35.7 Å². The van der Waals surface area contributed by atoms with Gasteiger partial charge in [0.25, 0.3) is 10.0 Å². The van der Waals surface area contributed by atoms with Gasteiger partial charge in [-0.05, 0) is 67.4 Å². The quantitative estimate of drug-likeness (QED) is 0.746. The van der Waals surface area contributed by atoms with Crippen molar-refractivity contribution in [2.75, 3.05) is 0 Å². The summed E-state index contributed by atoms with van der Waals surface area (Å²) in [7, 11) is -8.56. The molecule has 154 valence electrons. The van der Waals surface area contributed by atoms with Crippen molar-refractivity contribution in [1.29, 1.82) is 0 Å². The highest BCUT2D eigenvalue weighted by Crippen LogP contribution is 2.59. The summed E-state index contributed by atoms with van der Waals surface area (Å²) < 4.78 is 51.0. The van der Waals surface area contributed by atoms with E-state index in [1.807, 2.05) is 0 Å². The smallest absolute Gasteiger partial charge is 0.265 e. The van der Waals surface area contributed by atoms with E-state index in [-0.39, 0.29) is 11.8 Å². The lowest BCUT2D eigenvalue weighted by Crippen LogP contribution is -2.38. The predicted octanol–water partition coefficient (Wildman–Crippen LogP) is 2.14. The summed E-state index contributed by atoms with van der Waals surface area (Å²) >= 11 is 0. The molecule has 3 fully saturated rings.